The van der Waals surface area contributed by atoms with E-state index in [-0.39, 0.29) is 9.88 Å². The lowest BCUT2D eigenvalue weighted by Gasteiger charge is -1.95. The van der Waals surface area contributed by atoms with Crippen LogP contribution in [0.2, 0.25) is 0 Å². The van der Waals surface area contributed by atoms with E-state index in [9.17, 15) is 0 Å². The summed E-state index contributed by atoms with van der Waals surface area (Å²) in [6, 6.07) is 0. The van der Waals surface area contributed by atoms with Gasteiger partial charge in [-0.3, -0.25) is 5.41 Å². The molecule has 0 aromatic carbocycles. The average molecular weight is 139 g/mol. The van der Waals surface area contributed by atoms with Crippen LogP contribution in [-0.4, -0.2) is 9.88 Å². The maximum Gasteiger partial charge on any atom is 0.152 e. The standard InChI is InChI=1S/C3H7ClN2S/c1-2(4)7-3(5)6/h2H,1H3,(H3,5,6). The minimum absolute atomic E-state index is 0.0718. The minimum atomic E-state index is -0.0856. The molecule has 0 fully saturated rings. The number of hydrogen-bond donors (Lipinski definition) is 2. The average Bonchev–Trinajstić information content (AvgIpc) is 1.27. The molecule has 0 heterocycles. The largest absolute Gasteiger partial charge is 0.379 e. The van der Waals surface area contributed by atoms with E-state index in [1.54, 1.807) is 6.92 Å². The monoisotopic (exact) mass is 138 g/mol. The molecular formula is C3H7ClN2S. The molecule has 0 radical (unpaired) electrons. The normalized spacial score (nSPS) is 13.4. The van der Waals surface area contributed by atoms with E-state index in [0.717, 1.165) is 11.8 Å². The Labute approximate surface area is 51.9 Å². The predicted octanol–water partition coefficient (Wildman–Crippen LogP) is 1.20. The van der Waals surface area contributed by atoms with Crippen molar-refractivity contribution in [2.24, 2.45) is 5.73 Å². The Kier molecular flexibility index (Phi) is 3.21. The van der Waals surface area contributed by atoms with Crippen molar-refractivity contribution in [2.45, 2.75) is 11.6 Å². The van der Waals surface area contributed by atoms with Gasteiger partial charge in [-0.05, 0) is 6.92 Å². The van der Waals surface area contributed by atoms with Gasteiger partial charge in [0.2, 0.25) is 0 Å². The zero-order valence-electron chi connectivity index (χ0n) is 3.94. The number of thioether (sulfide) groups is 1. The molecule has 0 bridgehead atoms. The Morgan fingerprint density at radius 1 is 2.00 bits per heavy atom. The van der Waals surface area contributed by atoms with Gasteiger partial charge in [0, 0.05) is 0 Å². The van der Waals surface area contributed by atoms with Gasteiger partial charge in [-0.25, -0.2) is 0 Å². The topological polar surface area (TPSA) is 49.9 Å². The van der Waals surface area contributed by atoms with Crippen LogP contribution in [0.3, 0.4) is 0 Å². The lowest BCUT2D eigenvalue weighted by Crippen LogP contribution is -2.05. The zero-order chi connectivity index (χ0) is 5.86. The van der Waals surface area contributed by atoms with Crippen LogP contribution in [0.15, 0.2) is 0 Å². The molecule has 2 nitrogen and oxygen atoms in total. The molecule has 4 heteroatoms. The smallest absolute Gasteiger partial charge is 0.152 e. The number of nitrogens with two attached hydrogens (primary N) is 1. The quantitative estimate of drug-likeness (QED) is 0.325. The SMILES string of the molecule is CC(Cl)SC(=N)N. The predicted molar refractivity (Wildman–Crippen MR) is 34.8 cm³/mol. The fourth-order valence-electron chi connectivity index (χ4n) is 0.175. The minimum Gasteiger partial charge on any atom is -0.379 e. The second-order valence-electron chi connectivity index (χ2n) is 1.03. The van der Waals surface area contributed by atoms with Crippen LogP contribution in [0.4, 0.5) is 0 Å². The van der Waals surface area contributed by atoms with E-state index in [0.29, 0.717) is 0 Å². The number of hydrogen-bond acceptors (Lipinski definition) is 2. The van der Waals surface area contributed by atoms with Crippen molar-refractivity contribution >= 4 is 28.5 Å². The number of rotatable bonds is 1. The van der Waals surface area contributed by atoms with Gasteiger partial charge in [-0.15, -0.1) is 11.6 Å². The number of nitrogens with one attached hydrogen (secondary N) is 1. The van der Waals surface area contributed by atoms with Crippen LogP contribution >= 0.6 is 23.4 Å². The van der Waals surface area contributed by atoms with Crippen molar-refractivity contribution in [3.05, 3.63) is 0 Å². The van der Waals surface area contributed by atoms with Crippen LogP contribution in [0.25, 0.3) is 0 Å². The van der Waals surface area contributed by atoms with Gasteiger partial charge in [-0.1, -0.05) is 11.8 Å². The molecule has 1 atom stereocenters. The van der Waals surface area contributed by atoms with E-state index in [2.05, 4.69) is 0 Å². The number of halogens is 1. The maximum absolute atomic E-state index is 6.68. The fourth-order valence-corrected chi connectivity index (χ4v) is 0.813. The number of amidine groups is 1. The first-order chi connectivity index (χ1) is 3.13. The molecule has 42 valence electrons. The molecule has 7 heavy (non-hydrogen) atoms. The van der Waals surface area contributed by atoms with Gasteiger partial charge in [0.25, 0.3) is 0 Å². The molecule has 0 spiro atoms. The van der Waals surface area contributed by atoms with Gasteiger partial charge >= 0.3 is 0 Å². The van der Waals surface area contributed by atoms with Crippen LogP contribution in [0.1, 0.15) is 6.92 Å². The highest BCUT2D eigenvalue weighted by molar-refractivity contribution is 8.15. The molecule has 0 saturated carbocycles. The second kappa shape index (κ2) is 3.16. The fraction of sp³-hybridized carbons (Fsp3) is 0.667. The Morgan fingerprint density at radius 3 is 2.43 bits per heavy atom. The van der Waals surface area contributed by atoms with Crippen LogP contribution in [0, 0.1) is 5.41 Å². The molecule has 0 rings (SSSR count). The Balaban J connectivity index is 3.13. The third-order valence-corrected chi connectivity index (χ3v) is 1.14. The van der Waals surface area contributed by atoms with E-state index < -0.39 is 0 Å². The van der Waals surface area contributed by atoms with Crippen molar-refractivity contribution in [2.75, 3.05) is 0 Å². The Morgan fingerprint density at radius 2 is 2.43 bits per heavy atom. The van der Waals surface area contributed by atoms with Crippen molar-refractivity contribution in [3.63, 3.8) is 0 Å². The van der Waals surface area contributed by atoms with Crippen LogP contribution < -0.4 is 5.73 Å². The van der Waals surface area contributed by atoms with E-state index >= 15 is 0 Å². The Bertz CT molecular complexity index is 73.3. The van der Waals surface area contributed by atoms with Crippen LogP contribution in [0.5, 0.6) is 0 Å². The molecule has 0 saturated heterocycles. The third-order valence-electron chi connectivity index (χ3n) is 0.289. The first kappa shape index (κ1) is 7.11. The summed E-state index contributed by atoms with van der Waals surface area (Å²) >= 11 is 6.55. The molecule has 0 amide bonds. The lowest BCUT2D eigenvalue weighted by molar-refractivity contribution is 1.40. The van der Waals surface area contributed by atoms with Gasteiger partial charge in [-0.2, -0.15) is 0 Å². The van der Waals surface area contributed by atoms with Crippen LogP contribution in [-0.2, 0) is 0 Å². The van der Waals surface area contributed by atoms with Gasteiger partial charge in [0.15, 0.2) is 5.17 Å². The highest BCUT2D eigenvalue weighted by atomic mass is 35.5. The molecule has 0 aliphatic carbocycles. The zero-order valence-corrected chi connectivity index (χ0v) is 5.51. The molecule has 3 N–H and O–H groups in total. The highest BCUT2D eigenvalue weighted by Gasteiger charge is 1.95. The summed E-state index contributed by atoms with van der Waals surface area (Å²) < 4.78 is -0.0856. The summed E-state index contributed by atoms with van der Waals surface area (Å²) in [6.45, 7) is 1.77. The molecule has 0 aromatic heterocycles. The lowest BCUT2D eigenvalue weighted by atomic mass is 11.0. The van der Waals surface area contributed by atoms with E-state index in [1.807, 2.05) is 0 Å². The van der Waals surface area contributed by atoms with Crippen molar-refractivity contribution in [1.82, 2.24) is 0 Å². The Hall–Kier alpha value is 0.110. The van der Waals surface area contributed by atoms with E-state index in [1.165, 1.54) is 0 Å². The summed E-state index contributed by atoms with van der Waals surface area (Å²) in [5.41, 5.74) is 4.96. The van der Waals surface area contributed by atoms with Crippen molar-refractivity contribution < 1.29 is 0 Å². The molecular weight excluding hydrogens is 132 g/mol. The van der Waals surface area contributed by atoms with Crippen molar-refractivity contribution in [1.29, 1.82) is 5.41 Å². The summed E-state index contributed by atoms with van der Waals surface area (Å²) in [5.74, 6) is 0. The summed E-state index contributed by atoms with van der Waals surface area (Å²) in [6.07, 6.45) is 0. The molecule has 0 aromatic rings. The maximum atomic E-state index is 6.68. The first-order valence-electron chi connectivity index (χ1n) is 1.77. The molecule has 0 aliphatic rings. The van der Waals surface area contributed by atoms with Gasteiger partial charge < -0.3 is 5.73 Å². The molecule has 0 aliphatic heterocycles. The summed E-state index contributed by atoms with van der Waals surface area (Å²) in [4.78, 5) is 0. The van der Waals surface area contributed by atoms with Crippen molar-refractivity contribution in [3.8, 4) is 0 Å². The molecule has 1 unspecified atom stereocenters. The van der Waals surface area contributed by atoms with Gasteiger partial charge in [0.1, 0.15) is 0 Å². The summed E-state index contributed by atoms with van der Waals surface area (Å²) in [7, 11) is 0. The third kappa shape index (κ3) is 6.11. The summed E-state index contributed by atoms with van der Waals surface area (Å²) in [5, 5.41) is 6.75. The number of alkyl halides is 1. The van der Waals surface area contributed by atoms with E-state index in [4.69, 9.17) is 22.7 Å². The van der Waals surface area contributed by atoms with Gasteiger partial charge in [0.05, 0.1) is 4.71 Å². The first-order valence-corrected chi connectivity index (χ1v) is 3.09. The highest BCUT2D eigenvalue weighted by Crippen LogP contribution is 2.11. The second-order valence-corrected chi connectivity index (χ2v) is 3.32.